The SMILES string of the molecule is O=C1C(NC2CC2)CCCN1C1CCN(C2CC2)C1. The van der Waals surface area contributed by atoms with Gasteiger partial charge in [0.15, 0.2) is 0 Å². The molecule has 4 nitrogen and oxygen atoms in total. The zero-order valence-corrected chi connectivity index (χ0v) is 11.7. The molecule has 4 rings (SSSR count). The van der Waals surface area contributed by atoms with Crippen LogP contribution in [0.1, 0.15) is 44.9 Å². The summed E-state index contributed by atoms with van der Waals surface area (Å²) in [5.74, 6) is 0.390. The molecule has 106 valence electrons. The minimum absolute atomic E-state index is 0.122. The number of amides is 1. The molecule has 1 N–H and O–H groups in total. The van der Waals surface area contributed by atoms with Gasteiger partial charge in [0.2, 0.25) is 5.91 Å². The molecule has 0 spiro atoms. The predicted octanol–water partition coefficient (Wildman–Crippen LogP) is 0.966. The van der Waals surface area contributed by atoms with E-state index in [4.69, 9.17) is 0 Å². The number of nitrogens with zero attached hydrogens (tertiary/aromatic N) is 2. The van der Waals surface area contributed by atoms with Crippen LogP contribution in [0.4, 0.5) is 0 Å². The molecule has 0 radical (unpaired) electrons. The maximum absolute atomic E-state index is 12.6. The fourth-order valence-electron chi connectivity index (χ4n) is 3.75. The van der Waals surface area contributed by atoms with Gasteiger partial charge in [-0.1, -0.05) is 0 Å². The minimum atomic E-state index is 0.122. The normalized spacial score (nSPS) is 37.1. The monoisotopic (exact) mass is 263 g/mol. The zero-order valence-electron chi connectivity index (χ0n) is 11.7. The van der Waals surface area contributed by atoms with Gasteiger partial charge in [0, 0.05) is 37.8 Å². The van der Waals surface area contributed by atoms with Crippen molar-refractivity contribution in [3.05, 3.63) is 0 Å². The molecular weight excluding hydrogens is 238 g/mol. The summed E-state index contributed by atoms with van der Waals surface area (Å²) >= 11 is 0. The molecule has 2 aliphatic heterocycles. The summed E-state index contributed by atoms with van der Waals surface area (Å²) < 4.78 is 0. The van der Waals surface area contributed by atoms with E-state index in [1.807, 2.05) is 0 Å². The van der Waals surface area contributed by atoms with E-state index in [0.717, 1.165) is 25.6 Å². The third kappa shape index (κ3) is 2.52. The van der Waals surface area contributed by atoms with E-state index in [1.165, 1.54) is 45.1 Å². The van der Waals surface area contributed by atoms with E-state index in [1.54, 1.807) is 0 Å². The Bertz CT molecular complexity index is 364. The lowest BCUT2D eigenvalue weighted by Crippen LogP contribution is -2.55. The fraction of sp³-hybridized carbons (Fsp3) is 0.933. The van der Waals surface area contributed by atoms with Gasteiger partial charge in [-0.05, 0) is 44.9 Å². The molecule has 2 atom stereocenters. The van der Waals surface area contributed by atoms with Crippen LogP contribution in [0, 0.1) is 0 Å². The molecule has 0 aromatic carbocycles. The topological polar surface area (TPSA) is 35.6 Å². The van der Waals surface area contributed by atoms with E-state index in [9.17, 15) is 4.79 Å². The number of piperidine rings is 1. The molecule has 4 aliphatic rings. The summed E-state index contributed by atoms with van der Waals surface area (Å²) in [5, 5.41) is 3.54. The van der Waals surface area contributed by atoms with Crippen molar-refractivity contribution in [2.24, 2.45) is 0 Å². The third-order valence-corrected chi connectivity index (χ3v) is 5.19. The Labute approximate surface area is 115 Å². The highest BCUT2D eigenvalue weighted by Crippen LogP contribution is 2.32. The van der Waals surface area contributed by atoms with Gasteiger partial charge in [-0.25, -0.2) is 0 Å². The van der Waals surface area contributed by atoms with Gasteiger partial charge in [-0.3, -0.25) is 9.69 Å². The van der Waals surface area contributed by atoms with E-state index < -0.39 is 0 Å². The maximum Gasteiger partial charge on any atom is 0.240 e. The van der Waals surface area contributed by atoms with E-state index >= 15 is 0 Å². The molecule has 4 fully saturated rings. The van der Waals surface area contributed by atoms with Gasteiger partial charge in [0.05, 0.1) is 6.04 Å². The summed E-state index contributed by atoms with van der Waals surface area (Å²) in [6.45, 7) is 3.33. The summed E-state index contributed by atoms with van der Waals surface area (Å²) in [4.78, 5) is 17.4. The summed E-state index contributed by atoms with van der Waals surface area (Å²) in [6.07, 6.45) is 8.71. The third-order valence-electron chi connectivity index (χ3n) is 5.19. The lowest BCUT2D eigenvalue weighted by Gasteiger charge is -2.37. The van der Waals surface area contributed by atoms with Gasteiger partial charge in [-0.15, -0.1) is 0 Å². The number of rotatable bonds is 4. The Hall–Kier alpha value is -0.610. The minimum Gasteiger partial charge on any atom is -0.337 e. The summed E-state index contributed by atoms with van der Waals surface area (Å²) in [5.41, 5.74) is 0. The highest BCUT2D eigenvalue weighted by atomic mass is 16.2. The number of carbonyl (C=O) groups is 1. The molecule has 2 aliphatic carbocycles. The Balaban J connectivity index is 1.37. The Kier molecular flexibility index (Phi) is 3.03. The van der Waals surface area contributed by atoms with Gasteiger partial charge in [-0.2, -0.15) is 0 Å². The van der Waals surface area contributed by atoms with Crippen LogP contribution < -0.4 is 5.32 Å². The first-order valence-electron chi connectivity index (χ1n) is 8.12. The maximum atomic E-state index is 12.6. The van der Waals surface area contributed by atoms with Crippen LogP contribution in [0.25, 0.3) is 0 Å². The number of nitrogens with one attached hydrogen (secondary N) is 1. The number of hydrogen-bond donors (Lipinski definition) is 1. The highest BCUT2D eigenvalue weighted by molar-refractivity contribution is 5.83. The number of carbonyl (C=O) groups excluding carboxylic acids is 1. The van der Waals surface area contributed by atoms with Crippen molar-refractivity contribution in [3.63, 3.8) is 0 Å². The largest absolute Gasteiger partial charge is 0.337 e. The van der Waals surface area contributed by atoms with Crippen LogP contribution in [0.5, 0.6) is 0 Å². The van der Waals surface area contributed by atoms with Crippen molar-refractivity contribution < 1.29 is 4.79 Å². The smallest absolute Gasteiger partial charge is 0.240 e. The van der Waals surface area contributed by atoms with E-state index in [2.05, 4.69) is 15.1 Å². The first kappa shape index (κ1) is 12.2. The summed E-state index contributed by atoms with van der Waals surface area (Å²) in [7, 11) is 0. The average molecular weight is 263 g/mol. The first-order chi connectivity index (χ1) is 9.31. The Morgan fingerprint density at radius 1 is 0.947 bits per heavy atom. The van der Waals surface area contributed by atoms with Crippen molar-refractivity contribution in [1.29, 1.82) is 0 Å². The molecular formula is C15H25N3O. The van der Waals surface area contributed by atoms with E-state index in [0.29, 0.717) is 18.0 Å². The van der Waals surface area contributed by atoms with Gasteiger partial charge in [0.25, 0.3) is 0 Å². The second-order valence-electron chi connectivity index (χ2n) is 6.84. The van der Waals surface area contributed by atoms with Crippen LogP contribution >= 0.6 is 0 Å². The molecule has 2 saturated heterocycles. The van der Waals surface area contributed by atoms with Crippen LogP contribution in [-0.2, 0) is 4.79 Å². The molecule has 2 saturated carbocycles. The highest BCUT2D eigenvalue weighted by Gasteiger charge is 2.41. The molecule has 1 amide bonds. The Morgan fingerprint density at radius 3 is 2.53 bits per heavy atom. The lowest BCUT2D eigenvalue weighted by molar-refractivity contribution is -0.138. The molecule has 2 heterocycles. The molecule has 0 aromatic rings. The zero-order chi connectivity index (χ0) is 12.8. The number of likely N-dealkylation sites (tertiary alicyclic amines) is 2. The predicted molar refractivity (Wildman–Crippen MR) is 73.9 cm³/mol. The van der Waals surface area contributed by atoms with Crippen molar-refractivity contribution in [3.8, 4) is 0 Å². The summed E-state index contributed by atoms with van der Waals surface area (Å²) in [6, 6.07) is 2.11. The van der Waals surface area contributed by atoms with Crippen LogP contribution in [0.2, 0.25) is 0 Å². The van der Waals surface area contributed by atoms with Crippen LogP contribution in [0.3, 0.4) is 0 Å². The fourth-order valence-corrected chi connectivity index (χ4v) is 3.75. The second-order valence-corrected chi connectivity index (χ2v) is 6.84. The second kappa shape index (κ2) is 4.74. The first-order valence-corrected chi connectivity index (χ1v) is 8.12. The number of hydrogen-bond acceptors (Lipinski definition) is 3. The van der Waals surface area contributed by atoms with Gasteiger partial charge < -0.3 is 10.2 Å². The van der Waals surface area contributed by atoms with Crippen molar-refractivity contribution >= 4 is 5.91 Å². The van der Waals surface area contributed by atoms with Crippen LogP contribution in [-0.4, -0.2) is 59.5 Å². The quantitative estimate of drug-likeness (QED) is 0.821. The molecule has 2 unspecified atom stereocenters. The molecule has 0 bridgehead atoms. The van der Waals surface area contributed by atoms with Gasteiger partial charge in [0.1, 0.15) is 0 Å². The molecule has 19 heavy (non-hydrogen) atoms. The van der Waals surface area contributed by atoms with E-state index in [-0.39, 0.29) is 6.04 Å². The standard InChI is InChI=1S/C15H25N3O/c19-15-14(16-11-3-4-11)2-1-8-18(15)13-7-9-17(10-13)12-5-6-12/h11-14,16H,1-10H2. The van der Waals surface area contributed by atoms with Crippen LogP contribution in [0.15, 0.2) is 0 Å². The van der Waals surface area contributed by atoms with Crippen molar-refractivity contribution in [2.45, 2.75) is 69.1 Å². The molecule has 4 heteroatoms. The lowest BCUT2D eigenvalue weighted by atomic mass is 10.0. The van der Waals surface area contributed by atoms with Crippen molar-refractivity contribution in [2.75, 3.05) is 19.6 Å². The molecule has 0 aromatic heterocycles. The average Bonchev–Trinajstić information content (AvgIpc) is 3.33. The van der Waals surface area contributed by atoms with Crippen molar-refractivity contribution in [1.82, 2.24) is 15.1 Å². The Morgan fingerprint density at radius 2 is 1.79 bits per heavy atom. The van der Waals surface area contributed by atoms with Gasteiger partial charge >= 0.3 is 0 Å².